The lowest BCUT2D eigenvalue weighted by Crippen LogP contribution is -2.52. The number of carbonyl (C=O) groups is 2. The summed E-state index contributed by atoms with van der Waals surface area (Å²) in [4.78, 5) is 26.4. The van der Waals surface area contributed by atoms with Crippen molar-refractivity contribution in [2.75, 3.05) is 40.4 Å². The van der Waals surface area contributed by atoms with Gasteiger partial charge in [-0.15, -0.1) is 0 Å². The first-order valence-corrected chi connectivity index (χ1v) is 5.36. The van der Waals surface area contributed by atoms with Crippen LogP contribution in [0.4, 0.5) is 4.79 Å². The number of rotatable bonds is 2. The normalized spacial score (nSPS) is 17.8. The van der Waals surface area contributed by atoms with Gasteiger partial charge in [-0.3, -0.25) is 4.79 Å². The lowest BCUT2D eigenvalue weighted by molar-refractivity contribution is -0.136. The Morgan fingerprint density at radius 1 is 1.31 bits per heavy atom. The molecule has 1 unspecified atom stereocenters. The molecule has 6 heteroatoms. The summed E-state index contributed by atoms with van der Waals surface area (Å²) >= 11 is 0. The molecule has 1 saturated heterocycles. The molecule has 1 rings (SSSR count). The van der Waals surface area contributed by atoms with E-state index in [1.54, 1.807) is 25.9 Å². The molecule has 0 aromatic carbocycles. The van der Waals surface area contributed by atoms with Gasteiger partial charge in [-0.25, -0.2) is 4.79 Å². The highest BCUT2D eigenvalue weighted by molar-refractivity contribution is 5.86. The smallest absolute Gasteiger partial charge is 0.317 e. The number of nitrogens with one attached hydrogen (secondary N) is 1. The van der Waals surface area contributed by atoms with Gasteiger partial charge < -0.3 is 19.9 Å². The average molecular weight is 229 g/mol. The maximum Gasteiger partial charge on any atom is 0.317 e. The fourth-order valence-corrected chi connectivity index (χ4v) is 1.43. The molecule has 0 radical (unpaired) electrons. The number of amides is 3. The Labute approximate surface area is 95.5 Å². The summed E-state index contributed by atoms with van der Waals surface area (Å²) in [5, 5.41) is 2.63. The number of carbonyl (C=O) groups excluding carboxylic acids is 2. The van der Waals surface area contributed by atoms with Gasteiger partial charge in [-0.05, 0) is 6.92 Å². The molecule has 1 fully saturated rings. The van der Waals surface area contributed by atoms with Crippen LogP contribution in [0.15, 0.2) is 0 Å². The SMILES string of the molecule is CC(NC(=O)N(C)C)C(=O)N1CCOCC1. The molecular formula is C10H19N3O3. The average Bonchev–Trinajstić information content (AvgIpc) is 2.28. The molecule has 0 aromatic heterocycles. The number of nitrogens with zero attached hydrogens (tertiary/aromatic N) is 2. The summed E-state index contributed by atoms with van der Waals surface area (Å²) in [6, 6.07) is -0.748. The van der Waals surface area contributed by atoms with Crippen LogP contribution < -0.4 is 5.32 Å². The second-order valence-electron chi connectivity index (χ2n) is 4.00. The van der Waals surface area contributed by atoms with Gasteiger partial charge in [0.15, 0.2) is 0 Å². The minimum atomic E-state index is -0.493. The fourth-order valence-electron chi connectivity index (χ4n) is 1.43. The van der Waals surface area contributed by atoms with Crippen LogP contribution in [0.1, 0.15) is 6.92 Å². The Bertz CT molecular complexity index is 262. The van der Waals surface area contributed by atoms with Gasteiger partial charge in [0.25, 0.3) is 0 Å². The predicted molar refractivity (Wildman–Crippen MR) is 59.1 cm³/mol. The Morgan fingerprint density at radius 3 is 2.38 bits per heavy atom. The summed E-state index contributed by atoms with van der Waals surface area (Å²) in [5.41, 5.74) is 0. The van der Waals surface area contributed by atoms with Gasteiger partial charge in [0, 0.05) is 27.2 Å². The van der Waals surface area contributed by atoms with Crippen molar-refractivity contribution >= 4 is 11.9 Å². The van der Waals surface area contributed by atoms with Crippen LogP contribution in [-0.4, -0.2) is 68.2 Å². The zero-order valence-corrected chi connectivity index (χ0v) is 10.0. The van der Waals surface area contributed by atoms with Crippen LogP contribution in [0.3, 0.4) is 0 Å². The second kappa shape index (κ2) is 5.69. The van der Waals surface area contributed by atoms with E-state index >= 15 is 0 Å². The summed E-state index contributed by atoms with van der Waals surface area (Å²) in [7, 11) is 3.28. The third-order valence-corrected chi connectivity index (χ3v) is 2.44. The molecular weight excluding hydrogens is 210 g/mol. The Balaban J connectivity index is 2.43. The van der Waals surface area contributed by atoms with E-state index < -0.39 is 6.04 Å². The Hall–Kier alpha value is -1.30. The molecule has 0 aromatic rings. The predicted octanol–water partition coefficient (Wildman–Crippen LogP) is -0.495. The standard InChI is InChI=1S/C10H19N3O3/c1-8(11-10(15)12(2)3)9(14)13-4-6-16-7-5-13/h8H,4-7H2,1-3H3,(H,11,15). The van der Waals surface area contributed by atoms with E-state index in [1.165, 1.54) is 4.90 Å². The van der Waals surface area contributed by atoms with Gasteiger partial charge in [0.1, 0.15) is 6.04 Å². The van der Waals surface area contributed by atoms with E-state index in [4.69, 9.17) is 4.74 Å². The molecule has 0 aliphatic carbocycles. The Morgan fingerprint density at radius 2 is 1.88 bits per heavy atom. The minimum Gasteiger partial charge on any atom is -0.378 e. The van der Waals surface area contributed by atoms with Gasteiger partial charge in [-0.2, -0.15) is 0 Å². The molecule has 1 aliphatic heterocycles. The number of ether oxygens (including phenoxy) is 1. The van der Waals surface area contributed by atoms with Crippen LogP contribution >= 0.6 is 0 Å². The van der Waals surface area contributed by atoms with E-state index in [0.717, 1.165) is 0 Å². The van der Waals surface area contributed by atoms with Crippen molar-refractivity contribution in [1.82, 2.24) is 15.1 Å². The number of urea groups is 1. The van der Waals surface area contributed by atoms with E-state index in [1.807, 2.05) is 0 Å². The zero-order chi connectivity index (χ0) is 12.1. The molecule has 6 nitrogen and oxygen atoms in total. The first kappa shape index (κ1) is 12.8. The largest absolute Gasteiger partial charge is 0.378 e. The topological polar surface area (TPSA) is 61.9 Å². The van der Waals surface area contributed by atoms with Crippen LogP contribution in [-0.2, 0) is 9.53 Å². The number of hydrogen-bond acceptors (Lipinski definition) is 3. The highest BCUT2D eigenvalue weighted by Gasteiger charge is 2.23. The van der Waals surface area contributed by atoms with Crippen LogP contribution in [0.5, 0.6) is 0 Å². The maximum absolute atomic E-state index is 11.9. The lowest BCUT2D eigenvalue weighted by Gasteiger charge is -2.29. The summed E-state index contributed by atoms with van der Waals surface area (Å²) in [6.07, 6.45) is 0. The minimum absolute atomic E-state index is 0.0569. The molecule has 1 aliphatic rings. The van der Waals surface area contributed by atoms with Gasteiger partial charge >= 0.3 is 6.03 Å². The van der Waals surface area contributed by atoms with Crippen molar-refractivity contribution in [2.24, 2.45) is 0 Å². The summed E-state index contributed by atoms with van der Waals surface area (Å²) < 4.78 is 5.16. The molecule has 0 saturated carbocycles. The molecule has 1 heterocycles. The quantitative estimate of drug-likeness (QED) is 0.694. The highest BCUT2D eigenvalue weighted by Crippen LogP contribution is 2.00. The number of hydrogen-bond donors (Lipinski definition) is 1. The summed E-state index contributed by atoms with van der Waals surface area (Å²) in [5.74, 6) is -0.0569. The van der Waals surface area contributed by atoms with Crippen molar-refractivity contribution < 1.29 is 14.3 Å². The van der Waals surface area contributed by atoms with Crippen molar-refractivity contribution in [3.63, 3.8) is 0 Å². The van der Waals surface area contributed by atoms with Crippen molar-refractivity contribution in [3.8, 4) is 0 Å². The summed E-state index contributed by atoms with van der Waals surface area (Å²) in [6.45, 7) is 4.03. The first-order chi connectivity index (χ1) is 7.52. The van der Waals surface area contributed by atoms with Crippen LogP contribution in [0.25, 0.3) is 0 Å². The van der Waals surface area contributed by atoms with Gasteiger partial charge in [-0.1, -0.05) is 0 Å². The second-order valence-corrected chi connectivity index (χ2v) is 4.00. The van der Waals surface area contributed by atoms with E-state index in [9.17, 15) is 9.59 Å². The van der Waals surface area contributed by atoms with E-state index in [0.29, 0.717) is 26.3 Å². The monoisotopic (exact) mass is 229 g/mol. The molecule has 16 heavy (non-hydrogen) atoms. The van der Waals surface area contributed by atoms with Crippen molar-refractivity contribution in [1.29, 1.82) is 0 Å². The Kier molecular flexibility index (Phi) is 4.54. The van der Waals surface area contributed by atoms with Crippen LogP contribution in [0, 0.1) is 0 Å². The molecule has 3 amide bonds. The molecule has 1 N–H and O–H groups in total. The molecule has 1 atom stereocenters. The van der Waals surface area contributed by atoms with E-state index in [-0.39, 0.29) is 11.9 Å². The van der Waals surface area contributed by atoms with Gasteiger partial charge in [0.2, 0.25) is 5.91 Å². The van der Waals surface area contributed by atoms with E-state index in [2.05, 4.69) is 5.32 Å². The lowest BCUT2D eigenvalue weighted by atomic mass is 10.2. The van der Waals surface area contributed by atoms with Crippen molar-refractivity contribution in [2.45, 2.75) is 13.0 Å². The fraction of sp³-hybridized carbons (Fsp3) is 0.800. The molecule has 0 bridgehead atoms. The number of morpholine rings is 1. The molecule has 0 spiro atoms. The van der Waals surface area contributed by atoms with Crippen molar-refractivity contribution in [3.05, 3.63) is 0 Å². The van der Waals surface area contributed by atoms with Gasteiger partial charge in [0.05, 0.1) is 13.2 Å². The first-order valence-electron chi connectivity index (χ1n) is 5.36. The third-order valence-electron chi connectivity index (χ3n) is 2.44. The zero-order valence-electron chi connectivity index (χ0n) is 10.0. The van der Waals surface area contributed by atoms with Crippen LogP contribution in [0.2, 0.25) is 0 Å². The third kappa shape index (κ3) is 3.37. The molecule has 92 valence electrons. The maximum atomic E-state index is 11.9. The highest BCUT2D eigenvalue weighted by atomic mass is 16.5.